The first-order chi connectivity index (χ1) is 10.2. The lowest BCUT2D eigenvalue weighted by Gasteiger charge is -2.46. The molecule has 0 aliphatic carbocycles. The van der Waals surface area contributed by atoms with E-state index in [0.717, 1.165) is 24.2 Å². The number of hydrogen-bond acceptors (Lipinski definition) is 3. The summed E-state index contributed by atoms with van der Waals surface area (Å²) in [6.07, 6.45) is 3.95. The van der Waals surface area contributed by atoms with E-state index in [9.17, 15) is 4.79 Å². The lowest BCUT2D eigenvalue weighted by atomic mass is 10.0. The Morgan fingerprint density at radius 3 is 2.71 bits per heavy atom. The molecule has 2 aromatic rings. The van der Waals surface area contributed by atoms with Crippen molar-refractivity contribution in [2.45, 2.75) is 25.3 Å². The summed E-state index contributed by atoms with van der Waals surface area (Å²) in [4.78, 5) is 20.0. The Labute approximate surface area is 131 Å². The van der Waals surface area contributed by atoms with E-state index in [0.29, 0.717) is 16.4 Å². The molecule has 1 amide bonds. The maximum Gasteiger partial charge on any atom is 0.270 e. The third-order valence-corrected chi connectivity index (χ3v) is 4.95. The van der Waals surface area contributed by atoms with Crippen LogP contribution in [0.1, 0.15) is 29.8 Å². The Bertz CT molecular complexity index is 634. The molecule has 4 heterocycles. The Morgan fingerprint density at radius 1 is 1.24 bits per heavy atom. The van der Waals surface area contributed by atoms with Crippen molar-refractivity contribution in [3.05, 3.63) is 22.5 Å². The number of aromatic nitrogens is 1. The summed E-state index contributed by atoms with van der Waals surface area (Å²) in [5.41, 5.74) is 2.20. The van der Waals surface area contributed by atoms with Gasteiger partial charge >= 0.3 is 0 Å². The van der Waals surface area contributed by atoms with E-state index in [2.05, 4.69) is 25.8 Å². The highest BCUT2D eigenvalue weighted by molar-refractivity contribution is 9.10. The number of halogens is 1. The highest BCUT2D eigenvalue weighted by atomic mass is 79.9. The Morgan fingerprint density at radius 2 is 2.00 bits per heavy atom. The zero-order valence-electron chi connectivity index (χ0n) is 11.8. The molecule has 21 heavy (non-hydrogen) atoms. The van der Waals surface area contributed by atoms with Crippen LogP contribution in [-0.4, -0.2) is 52.9 Å². The molecule has 2 fully saturated rings. The van der Waals surface area contributed by atoms with Crippen LogP contribution in [0.4, 0.5) is 0 Å². The van der Waals surface area contributed by atoms with Crippen molar-refractivity contribution in [1.82, 2.24) is 14.8 Å². The van der Waals surface area contributed by atoms with E-state index in [1.807, 2.05) is 11.0 Å². The number of nitrogens with zero attached hydrogens (tertiary/aromatic N) is 2. The van der Waals surface area contributed by atoms with Crippen molar-refractivity contribution < 1.29 is 9.21 Å². The third-order valence-electron chi connectivity index (χ3n) is 4.56. The van der Waals surface area contributed by atoms with E-state index < -0.39 is 0 Å². The van der Waals surface area contributed by atoms with Gasteiger partial charge in [0.05, 0.1) is 5.52 Å². The standard InChI is InChI=1S/C15H18BrN3O2/c16-14-7-11-13(21-14)6-12(17-11)15(20)19-8-10(9-19)18-4-2-1-3-5-18/h6-7,10,17H,1-5,8-9H2. The number of fused-ring (bicyclic) bond motifs is 1. The van der Waals surface area contributed by atoms with E-state index in [-0.39, 0.29) is 5.91 Å². The Hall–Kier alpha value is -1.27. The molecule has 5 nitrogen and oxygen atoms in total. The zero-order valence-corrected chi connectivity index (χ0v) is 13.4. The number of aromatic amines is 1. The van der Waals surface area contributed by atoms with Crippen LogP contribution >= 0.6 is 15.9 Å². The first-order valence-corrected chi connectivity index (χ1v) is 8.31. The first kappa shape index (κ1) is 13.4. The molecule has 2 aliphatic rings. The van der Waals surface area contributed by atoms with E-state index >= 15 is 0 Å². The van der Waals surface area contributed by atoms with Gasteiger partial charge < -0.3 is 14.3 Å². The lowest BCUT2D eigenvalue weighted by molar-refractivity contribution is 0.0200. The average molecular weight is 352 g/mol. The molecule has 0 spiro atoms. The predicted molar refractivity (Wildman–Crippen MR) is 83.4 cm³/mol. The molecule has 0 radical (unpaired) electrons. The quantitative estimate of drug-likeness (QED) is 0.904. The molecule has 112 valence electrons. The molecule has 4 rings (SSSR count). The number of likely N-dealkylation sites (tertiary alicyclic amines) is 2. The molecule has 0 aromatic carbocycles. The van der Waals surface area contributed by atoms with E-state index in [4.69, 9.17) is 4.42 Å². The van der Waals surface area contributed by atoms with Crippen molar-refractivity contribution in [2.24, 2.45) is 0 Å². The van der Waals surface area contributed by atoms with Gasteiger partial charge in [-0.3, -0.25) is 9.69 Å². The summed E-state index contributed by atoms with van der Waals surface area (Å²) in [5, 5.41) is 0. The predicted octanol–water partition coefficient (Wildman–Crippen LogP) is 2.83. The van der Waals surface area contributed by atoms with Gasteiger partial charge in [-0.05, 0) is 41.9 Å². The van der Waals surface area contributed by atoms with Crippen LogP contribution in [0.3, 0.4) is 0 Å². The van der Waals surface area contributed by atoms with Crippen LogP contribution in [-0.2, 0) is 0 Å². The number of nitrogens with one attached hydrogen (secondary N) is 1. The largest absolute Gasteiger partial charge is 0.448 e. The maximum atomic E-state index is 12.4. The van der Waals surface area contributed by atoms with Crippen LogP contribution in [0, 0.1) is 0 Å². The van der Waals surface area contributed by atoms with Gasteiger partial charge in [0.2, 0.25) is 0 Å². The fourth-order valence-electron chi connectivity index (χ4n) is 3.31. The van der Waals surface area contributed by atoms with E-state index in [1.54, 1.807) is 6.07 Å². The molecule has 0 bridgehead atoms. The Kier molecular flexibility index (Phi) is 3.30. The smallest absolute Gasteiger partial charge is 0.270 e. The van der Waals surface area contributed by atoms with Gasteiger partial charge in [0.1, 0.15) is 5.69 Å². The lowest BCUT2D eigenvalue weighted by Crippen LogP contribution is -2.61. The van der Waals surface area contributed by atoms with Crippen molar-refractivity contribution >= 4 is 32.9 Å². The second-order valence-corrected chi connectivity index (χ2v) is 6.75. The molecular weight excluding hydrogens is 334 g/mol. The number of H-pyrrole nitrogens is 1. The SMILES string of the molecule is O=C(c1cc2oc(Br)cc2[nH]1)N1CC(N2CCCCC2)C1. The molecule has 0 atom stereocenters. The zero-order chi connectivity index (χ0) is 14.4. The van der Waals surface area contributed by atoms with E-state index in [1.165, 1.54) is 32.4 Å². The molecule has 1 N–H and O–H groups in total. The van der Waals surface area contributed by atoms with Gasteiger partial charge in [0, 0.05) is 31.3 Å². The van der Waals surface area contributed by atoms with Crippen molar-refractivity contribution in [2.75, 3.05) is 26.2 Å². The minimum atomic E-state index is 0.0748. The summed E-state index contributed by atoms with van der Waals surface area (Å²) in [5.74, 6) is 0.0748. The summed E-state index contributed by atoms with van der Waals surface area (Å²) < 4.78 is 6.13. The summed E-state index contributed by atoms with van der Waals surface area (Å²) in [6, 6.07) is 4.19. The van der Waals surface area contributed by atoms with Gasteiger partial charge in [-0.15, -0.1) is 0 Å². The molecular formula is C15H18BrN3O2. The van der Waals surface area contributed by atoms with Crippen molar-refractivity contribution in [3.8, 4) is 0 Å². The van der Waals surface area contributed by atoms with Gasteiger partial charge in [0.25, 0.3) is 5.91 Å². The fraction of sp³-hybridized carbons (Fsp3) is 0.533. The molecule has 6 heteroatoms. The normalized spacial score (nSPS) is 20.9. The number of carbonyl (C=O) groups is 1. The highest BCUT2D eigenvalue weighted by Crippen LogP contribution is 2.26. The summed E-state index contributed by atoms with van der Waals surface area (Å²) in [7, 11) is 0. The van der Waals surface area contributed by atoms with Crippen molar-refractivity contribution in [1.29, 1.82) is 0 Å². The van der Waals surface area contributed by atoms with Crippen LogP contribution in [0.5, 0.6) is 0 Å². The maximum absolute atomic E-state index is 12.4. The third kappa shape index (κ3) is 2.40. The second kappa shape index (κ2) is 5.18. The second-order valence-electron chi connectivity index (χ2n) is 5.97. The highest BCUT2D eigenvalue weighted by Gasteiger charge is 2.36. The number of carbonyl (C=O) groups excluding carboxylic acids is 1. The fourth-order valence-corrected chi connectivity index (χ4v) is 3.72. The number of amides is 1. The van der Waals surface area contributed by atoms with Crippen molar-refractivity contribution in [3.63, 3.8) is 0 Å². The molecule has 0 saturated carbocycles. The number of furan rings is 1. The van der Waals surface area contributed by atoms with Crippen LogP contribution in [0.2, 0.25) is 0 Å². The monoisotopic (exact) mass is 351 g/mol. The van der Waals surface area contributed by atoms with Gasteiger partial charge in [-0.2, -0.15) is 0 Å². The minimum Gasteiger partial charge on any atom is -0.448 e. The molecule has 2 saturated heterocycles. The van der Waals surface area contributed by atoms with Gasteiger partial charge in [-0.25, -0.2) is 0 Å². The average Bonchev–Trinajstić information content (AvgIpc) is 2.95. The van der Waals surface area contributed by atoms with Gasteiger partial charge in [0.15, 0.2) is 10.3 Å². The molecule has 2 aromatic heterocycles. The summed E-state index contributed by atoms with van der Waals surface area (Å²) in [6.45, 7) is 4.08. The first-order valence-electron chi connectivity index (χ1n) is 7.52. The number of rotatable bonds is 2. The number of hydrogen-bond donors (Lipinski definition) is 1. The molecule has 2 aliphatic heterocycles. The summed E-state index contributed by atoms with van der Waals surface area (Å²) >= 11 is 3.28. The minimum absolute atomic E-state index is 0.0748. The van der Waals surface area contributed by atoms with Crippen LogP contribution < -0.4 is 0 Å². The topological polar surface area (TPSA) is 52.5 Å². The van der Waals surface area contributed by atoms with Crippen LogP contribution in [0.25, 0.3) is 11.1 Å². The van der Waals surface area contributed by atoms with Gasteiger partial charge in [-0.1, -0.05) is 6.42 Å². The van der Waals surface area contributed by atoms with Crippen LogP contribution in [0.15, 0.2) is 21.2 Å². The molecule has 0 unspecified atom stereocenters. The Balaban J connectivity index is 1.40. The number of piperidine rings is 1.